The molecule has 2 amide bonds. The quantitative estimate of drug-likeness (QED) is 0.450. The van der Waals surface area contributed by atoms with Gasteiger partial charge in [-0.3, -0.25) is 11.8 Å². The van der Waals surface area contributed by atoms with Crippen LogP contribution >= 0.6 is 0 Å². The van der Waals surface area contributed by atoms with Crippen LogP contribution in [0.4, 0.5) is 0 Å². The van der Waals surface area contributed by atoms with Crippen LogP contribution in [0.3, 0.4) is 0 Å². The SMILES string of the molecule is OCCO.[CH2-]C(=O)NC(C)C.[CH2-]NC(=O)C(C)(C)C.[Y].[Y]. The molecule has 6 nitrogen and oxygen atoms in total. The maximum atomic E-state index is 10.7. The van der Waals surface area contributed by atoms with Gasteiger partial charge in [-0.05, 0) is 13.8 Å². The Hall–Kier alpha value is 0.938. The van der Waals surface area contributed by atoms with E-state index in [0.717, 1.165) is 0 Å². The fourth-order valence-electron chi connectivity index (χ4n) is 0.587. The van der Waals surface area contributed by atoms with Crippen molar-refractivity contribution in [2.75, 3.05) is 13.2 Å². The molecular formula is C13H28N2O4Y2-2. The number of hydrogen-bond donors (Lipinski definition) is 4. The number of aliphatic hydroxyl groups is 2. The number of rotatable bonds is 2. The maximum absolute atomic E-state index is 10.7. The van der Waals surface area contributed by atoms with Crippen molar-refractivity contribution in [1.29, 1.82) is 0 Å². The molecule has 122 valence electrons. The van der Waals surface area contributed by atoms with Gasteiger partial charge in [-0.25, -0.2) is 0 Å². The zero-order chi connectivity index (χ0) is 16.1. The summed E-state index contributed by atoms with van der Waals surface area (Å²) in [7, 11) is 3.25. The fraction of sp³-hybridized carbons (Fsp3) is 0.692. The van der Waals surface area contributed by atoms with Gasteiger partial charge in [-0.15, -0.1) is 0 Å². The first-order valence-electron chi connectivity index (χ1n) is 5.94. The Morgan fingerprint density at radius 1 is 1.10 bits per heavy atom. The van der Waals surface area contributed by atoms with E-state index in [4.69, 9.17) is 10.2 Å². The van der Waals surface area contributed by atoms with Gasteiger partial charge in [-0.1, -0.05) is 20.8 Å². The molecule has 0 spiro atoms. The molecule has 0 aliphatic rings. The van der Waals surface area contributed by atoms with E-state index in [1.54, 1.807) is 0 Å². The summed E-state index contributed by atoms with van der Waals surface area (Å²) < 4.78 is 0. The molecule has 0 bridgehead atoms. The molecule has 0 fully saturated rings. The fourth-order valence-corrected chi connectivity index (χ4v) is 0.587. The first kappa shape index (κ1) is 33.5. The second-order valence-electron chi connectivity index (χ2n) is 4.93. The van der Waals surface area contributed by atoms with Crippen LogP contribution in [-0.2, 0) is 75.0 Å². The number of carbonyl (C=O) groups is 2. The van der Waals surface area contributed by atoms with E-state index in [-0.39, 0.29) is 102 Å². The van der Waals surface area contributed by atoms with E-state index in [1.165, 1.54) is 0 Å². The third-order valence-electron chi connectivity index (χ3n) is 1.39. The van der Waals surface area contributed by atoms with Crippen LogP contribution < -0.4 is 10.6 Å². The van der Waals surface area contributed by atoms with Crippen molar-refractivity contribution in [3.05, 3.63) is 14.0 Å². The van der Waals surface area contributed by atoms with Gasteiger partial charge < -0.3 is 32.6 Å². The molecule has 4 N–H and O–H groups in total. The number of amides is 2. The predicted molar refractivity (Wildman–Crippen MR) is 75.8 cm³/mol. The van der Waals surface area contributed by atoms with E-state index in [2.05, 4.69) is 24.6 Å². The summed E-state index contributed by atoms with van der Waals surface area (Å²) in [6, 6.07) is 0.213. The summed E-state index contributed by atoms with van der Waals surface area (Å²) in [6.07, 6.45) is 0. The van der Waals surface area contributed by atoms with Gasteiger partial charge in [0.2, 0.25) is 0 Å². The van der Waals surface area contributed by atoms with Crippen molar-refractivity contribution in [2.45, 2.75) is 40.7 Å². The van der Waals surface area contributed by atoms with E-state index < -0.39 is 0 Å². The Morgan fingerprint density at radius 3 is 1.43 bits per heavy atom. The summed E-state index contributed by atoms with van der Waals surface area (Å²) in [5.74, 6) is -0.243. The average Bonchev–Trinajstić information content (AvgIpc) is 2.26. The summed E-state index contributed by atoms with van der Waals surface area (Å²) in [6.45, 7) is 12.2. The maximum Gasteiger partial charge on any atom is 0.196 e. The van der Waals surface area contributed by atoms with Crippen LogP contribution in [0.15, 0.2) is 0 Å². The standard InChI is InChI=1S/C6H12NO.C5H10NO.C2H6O2.2Y/c1-6(2,3)5(8)7-4;1-4(2)6-5(3)7;3-1-2-4;;/h4H2,1-3H3,(H,7,8);4H,3H2,1-2H3,(H,6,7);3-4H,1-2H2;;/q2*-1;;;. The van der Waals surface area contributed by atoms with Crippen LogP contribution in [0.1, 0.15) is 34.6 Å². The number of hydrogen-bond acceptors (Lipinski definition) is 4. The van der Waals surface area contributed by atoms with Gasteiger partial charge in [0.05, 0.1) is 19.1 Å². The normalized spacial score (nSPS) is 8.62. The zero-order valence-corrected chi connectivity index (χ0v) is 19.4. The Kier molecular flexibility index (Phi) is 33.4. The smallest absolute Gasteiger partial charge is 0.196 e. The second-order valence-corrected chi connectivity index (χ2v) is 4.93. The topological polar surface area (TPSA) is 98.7 Å². The number of carbonyl (C=O) groups excluding carboxylic acids is 2. The van der Waals surface area contributed by atoms with Crippen molar-refractivity contribution in [1.82, 2.24) is 10.6 Å². The van der Waals surface area contributed by atoms with Gasteiger partial charge in [0.25, 0.3) is 0 Å². The predicted octanol–water partition coefficient (Wildman–Crippen LogP) is 0.251. The van der Waals surface area contributed by atoms with Gasteiger partial charge in [0.15, 0.2) is 5.91 Å². The Balaban J connectivity index is -0.0000000610. The number of aliphatic hydroxyl groups excluding tert-OH is 2. The van der Waals surface area contributed by atoms with Crippen LogP contribution in [0.2, 0.25) is 0 Å². The molecule has 2 radical (unpaired) electrons. The van der Waals surface area contributed by atoms with Crippen molar-refractivity contribution in [3.63, 3.8) is 0 Å². The monoisotopic (exact) mass is 454 g/mol. The molecule has 0 aromatic carbocycles. The minimum Gasteiger partial charge on any atom is -0.508 e. The third-order valence-corrected chi connectivity index (χ3v) is 1.39. The van der Waals surface area contributed by atoms with E-state index in [0.29, 0.717) is 0 Å². The summed E-state index contributed by atoms with van der Waals surface area (Å²) in [4.78, 5) is 20.7. The van der Waals surface area contributed by atoms with Crippen LogP contribution in [0.25, 0.3) is 0 Å². The van der Waals surface area contributed by atoms with Gasteiger partial charge in [0.1, 0.15) is 0 Å². The van der Waals surface area contributed by atoms with Gasteiger partial charge in [0, 0.05) is 76.9 Å². The van der Waals surface area contributed by atoms with E-state index in [9.17, 15) is 9.59 Å². The first-order valence-corrected chi connectivity index (χ1v) is 5.94. The van der Waals surface area contributed by atoms with E-state index >= 15 is 0 Å². The van der Waals surface area contributed by atoms with Crippen molar-refractivity contribution in [3.8, 4) is 0 Å². The molecule has 8 heteroatoms. The van der Waals surface area contributed by atoms with Crippen molar-refractivity contribution in [2.24, 2.45) is 5.41 Å². The molecule has 21 heavy (non-hydrogen) atoms. The first-order chi connectivity index (χ1) is 8.52. The molecule has 0 aromatic heterocycles. The van der Waals surface area contributed by atoms with Crippen molar-refractivity contribution < 1.29 is 85.2 Å². The molecule has 0 atom stereocenters. The summed E-state index contributed by atoms with van der Waals surface area (Å²) in [5.41, 5.74) is -0.304. The minimum absolute atomic E-state index is 0. The molecule has 0 heterocycles. The molecule has 0 rings (SSSR count). The minimum atomic E-state index is -0.304. The largest absolute Gasteiger partial charge is 0.508 e. The summed E-state index contributed by atoms with van der Waals surface area (Å²) >= 11 is 0. The van der Waals surface area contributed by atoms with E-state index in [1.807, 2.05) is 34.6 Å². The molecule has 0 aliphatic carbocycles. The van der Waals surface area contributed by atoms with Crippen LogP contribution in [0.5, 0.6) is 0 Å². The Labute approximate surface area is 179 Å². The molecule has 0 aromatic rings. The average molecular weight is 454 g/mol. The molecule has 0 unspecified atom stereocenters. The third kappa shape index (κ3) is 38.7. The Bertz CT molecular complexity index is 243. The van der Waals surface area contributed by atoms with Gasteiger partial charge in [-0.2, -0.15) is 0 Å². The molecule has 0 saturated heterocycles. The van der Waals surface area contributed by atoms with Crippen LogP contribution in [0, 0.1) is 19.4 Å². The Morgan fingerprint density at radius 2 is 1.43 bits per heavy atom. The van der Waals surface area contributed by atoms with Gasteiger partial charge >= 0.3 is 0 Å². The number of nitrogens with one attached hydrogen (secondary N) is 2. The van der Waals surface area contributed by atoms with Crippen molar-refractivity contribution >= 4 is 11.8 Å². The molecule has 0 saturated carbocycles. The molecule has 0 aliphatic heterocycles. The zero-order valence-electron chi connectivity index (χ0n) is 13.8. The summed E-state index contributed by atoms with van der Waals surface area (Å²) in [5, 5.41) is 20.1. The van der Waals surface area contributed by atoms with Crippen LogP contribution in [-0.4, -0.2) is 41.3 Å². The molecular weight excluding hydrogens is 426 g/mol. The second kappa shape index (κ2) is 20.9.